The van der Waals surface area contributed by atoms with Gasteiger partial charge in [-0.2, -0.15) is 0 Å². The fourth-order valence-corrected chi connectivity index (χ4v) is 5.31. The van der Waals surface area contributed by atoms with Gasteiger partial charge in [-0.15, -0.1) is 0 Å². The molecule has 6 nitrogen and oxygen atoms in total. The molecule has 5 rings (SSSR count). The van der Waals surface area contributed by atoms with Crippen molar-refractivity contribution in [3.05, 3.63) is 47.8 Å². The van der Waals surface area contributed by atoms with E-state index in [1.165, 1.54) is 13.0 Å². The molecule has 1 unspecified atom stereocenters. The van der Waals surface area contributed by atoms with Crippen LogP contribution in [0.2, 0.25) is 0 Å². The number of halogens is 1. The van der Waals surface area contributed by atoms with Crippen LogP contribution in [0.15, 0.2) is 36.4 Å². The Morgan fingerprint density at radius 3 is 2.75 bits per heavy atom. The molecule has 0 radical (unpaired) electrons. The molecule has 3 aliphatic heterocycles. The van der Waals surface area contributed by atoms with Crippen molar-refractivity contribution in [1.29, 1.82) is 0 Å². The van der Waals surface area contributed by atoms with Crippen LogP contribution in [0.25, 0.3) is 0 Å². The first-order valence-corrected chi connectivity index (χ1v) is 11.3. The van der Waals surface area contributed by atoms with Gasteiger partial charge < -0.3 is 19.7 Å². The lowest BCUT2D eigenvalue weighted by Crippen LogP contribution is -2.58. The van der Waals surface area contributed by atoms with Crippen LogP contribution < -0.4 is 19.7 Å². The number of esters is 1. The van der Waals surface area contributed by atoms with E-state index in [9.17, 15) is 9.18 Å². The third kappa shape index (κ3) is 3.90. The van der Waals surface area contributed by atoms with Crippen molar-refractivity contribution in [1.82, 2.24) is 4.90 Å². The highest BCUT2D eigenvalue weighted by Crippen LogP contribution is 2.51. The van der Waals surface area contributed by atoms with Gasteiger partial charge in [-0.05, 0) is 63.4 Å². The number of rotatable bonds is 4. The molecule has 1 N–H and O–H groups in total. The predicted molar refractivity (Wildman–Crippen MR) is 122 cm³/mol. The summed E-state index contributed by atoms with van der Waals surface area (Å²) in [6, 6.07) is 10.7. The van der Waals surface area contributed by atoms with Gasteiger partial charge in [-0.1, -0.05) is 12.1 Å². The van der Waals surface area contributed by atoms with Crippen molar-refractivity contribution in [3.8, 4) is 11.5 Å². The number of ether oxygens (including phenoxy) is 2. The standard InChI is InChI=1S/C25H30FN3O3/c1-16(30)32-20-12-21-24-22(13-20)31-15-25(2,3)29(24)23(27-21)14-28-9-7-17(8-10-28)18-5-4-6-19(26)11-18/h4-6,11-13,17,23,27H,7-10,14-15H2,1-3H3. The van der Waals surface area contributed by atoms with Crippen molar-refractivity contribution in [3.63, 3.8) is 0 Å². The van der Waals surface area contributed by atoms with Gasteiger partial charge in [0.25, 0.3) is 0 Å². The molecule has 3 aliphatic rings. The average Bonchev–Trinajstić information content (AvgIpc) is 3.10. The topological polar surface area (TPSA) is 54.0 Å². The first-order chi connectivity index (χ1) is 15.3. The second-order valence-corrected chi connectivity index (χ2v) is 9.67. The molecule has 3 heterocycles. The summed E-state index contributed by atoms with van der Waals surface area (Å²) in [5.41, 5.74) is 2.91. The number of nitrogens with zero attached hydrogens (tertiary/aromatic N) is 2. The first kappa shape index (κ1) is 21.1. The van der Waals surface area contributed by atoms with E-state index >= 15 is 0 Å². The maximum Gasteiger partial charge on any atom is 0.308 e. The second-order valence-electron chi connectivity index (χ2n) is 9.67. The molecule has 0 saturated carbocycles. The number of hydrogen-bond acceptors (Lipinski definition) is 6. The fraction of sp³-hybridized carbons (Fsp3) is 0.480. The van der Waals surface area contributed by atoms with Crippen LogP contribution in [0.3, 0.4) is 0 Å². The van der Waals surface area contributed by atoms with Crippen LogP contribution in [-0.2, 0) is 4.79 Å². The van der Waals surface area contributed by atoms with Crippen molar-refractivity contribution in [2.75, 3.05) is 36.5 Å². The normalized spacial score (nSPS) is 22.1. The van der Waals surface area contributed by atoms with Gasteiger partial charge >= 0.3 is 5.97 Å². The van der Waals surface area contributed by atoms with Crippen molar-refractivity contribution >= 4 is 17.3 Å². The summed E-state index contributed by atoms with van der Waals surface area (Å²) >= 11 is 0. The number of benzene rings is 2. The molecule has 0 aliphatic carbocycles. The van der Waals surface area contributed by atoms with E-state index in [2.05, 4.69) is 29.0 Å². The Hall–Kier alpha value is -2.80. The number of likely N-dealkylation sites (tertiary alicyclic amines) is 1. The van der Waals surface area contributed by atoms with Crippen molar-refractivity contribution in [2.24, 2.45) is 0 Å². The van der Waals surface area contributed by atoms with Crippen LogP contribution in [0.5, 0.6) is 11.5 Å². The molecule has 1 saturated heterocycles. The van der Waals surface area contributed by atoms with E-state index in [0.29, 0.717) is 18.3 Å². The van der Waals surface area contributed by atoms with E-state index < -0.39 is 0 Å². The second kappa shape index (κ2) is 7.96. The van der Waals surface area contributed by atoms with E-state index in [1.807, 2.05) is 12.1 Å². The fourth-order valence-electron chi connectivity index (χ4n) is 5.31. The molecular formula is C25H30FN3O3. The van der Waals surface area contributed by atoms with E-state index in [-0.39, 0.29) is 23.5 Å². The Morgan fingerprint density at radius 2 is 2.03 bits per heavy atom. The molecule has 0 bridgehead atoms. The van der Waals surface area contributed by atoms with Crippen LogP contribution in [-0.4, -0.2) is 48.8 Å². The summed E-state index contributed by atoms with van der Waals surface area (Å²) in [4.78, 5) is 16.3. The number of anilines is 2. The van der Waals surface area contributed by atoms with Gasteiger partial charge in [0.2, 0.25) is 0 Å². The Kier molecular flexibility index (Phi) is 5.24. The third-order valence-electron chi connectivity index (χ3n) is 6.76. The number of hydrogen-bond donors (Lipinski definition) is 1. The zero-order valence-electron chi connectivity index (χ0n) is 18.9. The van der Waals surface area contributed by atoms with Crippen LogP contribution in [0.4, 0.5) is 15.8 Å². The monoisotopic (exact) mass is 439 g/mol. The zero-order chi connectivity index (χ0) is 22.5. The predicted octanol–water partition coefficient (Wildman–Crippen LogP) is 4.36. The van der Waals surface area contributed by atoms with Gasteiger partial charge in [0, 0.05) is 25.6 Å². The SMILES string of the molecule is CC(=O)Oc1cc2c3c(c1)OCC(C)(C)N3C(CN1CCC(c3cccc(F)c3)CC1)N2. The molecule has 0 aromatic heterocycles. The summed E-state index contributed by atoms with van der Waals surface area (Å²) in [6.07, 6.45) is 2.15. The summed E-state index contributed by atoms with van der Waals surface area (Å²) in [5.74, 6) is 1.15. The number of piperidine rings is 1. The molecule has 7 heteroatoms. The summed E-state index contributed by atoms with van der Waals surface area (Å²) in [7, 11) is 0. The van der Waals surface area contributed by atoms with Gasteiger partial charge in [-0.3, -0.25) is 9.69 Å². The van der Waals surface area contributed by atoms with Gasteiger partial charge in [0.15, 0.2) is 0 Å². The van der Waals surface area contributed by atoms with E-state index in [0.717, 1.165) is 55.2 Å². The summed E-state index contributed by atoms with van der Waals surface area (Å²) in [5, 5.41) is 3.65. The average molecular weight is 440 g/mol. The quantitative estimate of drug-likeness (QED) is 0.564. The highest BCUT2D eigenvalue weighted by Gasteiger charge is 2.45. The molecule has 32 heavy (non-hydrogen) atoms. The molecule has 0 spiro atoms. The van der Waals surface area contributed by atoms with Gasteiger partial charge in [0.1, 0.15) is 35.8 Å². The minimum absolute atomic E-state index is 0.0981. The minimum atomic E-state index is -0.346. The number of carbonyl (C=O) groups is 1. The summed E-state index contributed by atoms with van der Waals surface area (Å²) < 4.78 is 25.0. The lowest BCUT2D eigenvalue weighted by Gasteiger charge is -2.46. The maximum absolute atomic E-state index is 13.6. The Labute approximate surface area is 188 Å². The van der Waals surface area contributed by atoms with Crippen molar-refractivity contribution in [2.45, 2.75) is 51.2 Å². The van der Waals surface area contributed by atoms with Crippen LogP contribution >= 0.6 is 0 Å². The smallest absolute Gasteiger partial charge is 0.308 e. The molecule has 2 aromatic rings. The lowest BCUT2D eigenvalue weighted by atomic mass is 9.89. The Morgan fingerprint density at radius 1 is 1.25 bits per heavy atom. The first-order valence-electron chi connectivity index (χ1n) is 11.3. The Bertz CT molecular complexity index is 1030. The molecule has 2 aromatic carbocycles. The minimum Gasteiger partial charge on any atom is -0.489 e. The lowest BCUT2D eigenvalue weighted by molar-refractivity contribution is -0.131. The van der Waals surface area contributed by atoms with Crippen LogP contribution in [0, 0.1) is 5.82 Å². The van der Waals surface area contributed by atoms with Gasteiger partial charge in [-0.25, -0.2) is 4.39 Å². The highest BCUT2D eigenvalue weighted by molar-refractivity contribution is 5.86. The third-order valence-corrected chi connectivity index (χ3v) is 6.76. The molecule has 1 fully saturated rings. The summed E-state index contributed by atoms with van der Waals surface area (Å²) in [6.45, 7) is 9.17. The number of nitrogens with one attached hydrogen (secondary N) is 1. The van der Waals surface area contributed by atoms with E-state index in [1.54, 1.807) is 18.2 Å². The molecule has 170 valence electrons. The highest BCUT2D eigenvalue weighted by atomic mass is 19.1. The molecule has 0 amide bonds. The largest absolute Gasteiger partial charge is 0.489 e. The zero-order valence-corrected chi connectivity index (χ0v) is 18.9. The van der Waals surface area contributed by atoms with Gasteiger partial charge in [0.05, 0.1) is 11.2 Å². The van der Waals surface area contributed by atoms with E-state index in [4.69, 9.17) is 9.47 Å². The molecular weight excluding hydrogens is 409 g/mol. The number of carbonyl (C=O) groups excluding carboxylic acids is 1. The van der Waals surface area contributed by atoms with Crippen molar-refractivity contribution < 1.29 is 18.7 Å². The Balaban J connectivity index is 1.31. The molecule has 1 atom stereocenters. The van der Waals surface area contributed by atoms with Crippen LogP contribution in [0.1, 0.15) is 45.1 Å². The maximum atomic E-state index is 13.6.